The maximum absolute atomic E-state index is 5.17. The van der Waals surface area contributed by atoms with Crippen LogP contribution in [0, 0.1) is 0 Å². The Morgan fingerprint density at radius 2 is 1.85 bits per heavy atom. The second-order valence-electron chi connectivity index (χ2n) is 4.26. The minimum atomic E-state index is 0.795. The van der Waals surface area contributed by atoms with Crippen LogP contribution in [0.4, 0.5) is 5.69 Å². The Morgan fingerprint density at radius 3 is 2.70 bits per heavy atom. The molecule has 4 nitrogen and oxygen atoms in total. The molecule has 0 spiro atoms. The Balaban J connectivity index is 1.89. The molecule has 3 aromatic rings. The summed E-state index contributed by atoms with van der Waals surface area (Å²) in [4.78, 5) is 13.0. The Morgan fingerprint density at radius 1 is 1.00 bits per heavy atom. The van der Waals surface area contributed by atoms with Crippen molar-refractivity contribution in [3.05, 3.63) is 60.4 Å². The minimum absolute atomic E-state index is 0.795. The van der Waals surface area contributed by atoms with Gasteiger partial charge in [0.2, 0.25) is 0 Å². The van der Waals surface area contributed by atoms with E-state index in [-0.39, 0.29) is 0 Å². The van der Waals surface area contributed by atoms with E-state index in [0.29, 0.717) is 0 Å². The number of aromatic nitrogens is 2. The van der Waals surface area contributed by atoms with Gasteiger partial charge in [0.25, 0.3) is 0 Å². The molecule has 0 aliphatic carbocycles. The first-order valence-corrected chi connectivity index (χ1v) is 6.24. The van der Waals surface area contributed by atoms with Crippen molar-refractivity contribution >= 4 is 22.9 Å². The average Bonchev–Trinajstić information content (AvgIpc) is 2.53. The van der Waals surface area contributed by atoms with E-state index in [1.54, 1.807) is 19.5 Å². The second kappa shape index (κ2) is 5.48. The highest BCUT2D eigenvalue weighted by Gasteiger charge is 1.97. The lowest BCUT2D eigenvalue weighted by atomic mass is 10.2. The molecule has 4 heteroatoms. The molecule has 0 aliphatic rings. The lowest BCUT2D eigenvalue weighted by Crippen LogP contribution is -1.86. The predicted octanol–water partition coefficient (Wildman–Crippen LogP) is 3.39. The molecule has 1 heterocycles. The van der Waals surface area contributed by atoms with Gasteiger partial charge in [-0.1, -0.05) is 12.1 Å². The fourth-order valence-electron chi connectivity index (χ4n) is 1.90. The Labute approximate surface area is 116 Å². The molecule has 0 unspecified atom stereocenters. The Bertz CT molecular complexity index is 768. The van der Waals surface area contributed by atoms with Gasteiger partial charge in [0, 0.05) is 24.7 Å². The molecule has 20 heavy (non-hydrogen) atoms. The smallest absolute Gasteiger partial charge is 0.121 e. The van der Waals surface area contributed by atoms with Gasteiger partial charge in [-0.15, -0.1) is 0 Å². The first-order chi connectivity index (χ1) is 9.85. The second-order valence-corrected chi connectivity index (χ2v) is 4.26. The van der Waals surface area contributed by atoms with E-state index in [9.17, 15) is 0 Å². The summed E-state index contributed by atoms with van der Waals surface area (Å²) in [7, 11) is 1.64. The zero-order valence-electron chi connectivity index (χ0n) is 11.0. The molecule has 0 saturated carbocycles. The summed E-state index contributed by atoms with van der Waals surface area (Å²) in [6, 6.07) is 13.5. The number of hydrogen-bond acceptors (Lipinski definition) is 4. The lowest BCUT2D eigenvalue weighted by Gasteiger charge is -2.00. The van der Waals surface area contributed by atoms with Crippen molar-refractivity contribution in [1.29, 1.82) is 0 Å². The van der Waals surface area contributed by atoms with E-state index in [1.807, 2.05) is 48.7 Å². The third kappa shape index (κ3) is 2.64. The minimum Gasteiger partial charge on any atom is -0.497 e. The van der Waals surface area contributed by atoms with Gasteiger partial charge >= 0.3 is 0 Å². The summed E-state index contributed by atoms with van der Waals surface area (Å²) in [5.74, 6) is 0.795. The molecule has 0 atom stereocenters. The SMILES string of the molecule is COc1cccc(N=Cc2ccc3nccnc3c2)c1. The normalized spacial score (nSPS) is 11.1. The fourth-order valence-corrected chi connectivity index (χ4v) is 1.90. The Kier molecular flexibility index (Phi) is 3.37. The molecule has 0 fully saturated rings. The number of hydrogen-bond donors (Lipinski definition) is 0. The number of aliphatic imine (C=N–C) groups is 1. The molecule has 3 rings (SSSR count). The highest BCUT2D eigenvalue weighted by Crippen LogP contribution is 2.19. The first kappa shape index (κ1) is 12.3. The zero-order chi connectivity index (χ0) is 13.8. The summed E-state index contributed by atoms with van der Waals surface area (Å²) >= 11 is 0. The van der Waals surface area contributed by atoms with Gasteiger partial charge < -0.3 is 4.74 Å². The molecule has 0 N–H and O–H groups in total. The van der Waals surface area contributed by atoms with Crippen LogP contribution in [0.2, 0.25) is 0 Å². The summed E-state index contributed by atoms with van der Waals surface area (Å²) in [6.45, 7) is 0. The first-order valence-electron chi connectivity index (χ1n) is 6.24. The van der Waals surface area contributed by atoms with E-state index in [2.05, 4.69) is 15.0 Å². The van der Waals surface area contributed by atoms with Crippen LogP contribution in [-0.4, -0.2) is 23.3 Å². The molecule has 0 radical (unpaired) electrons. The summed E-state index contributed by atoms with van der Waals surface area (Å²) in [5.41, 5.74) is 3.58. The molecule has 0 bridgehead atoms. The Hall–Kier alpha value is -2.75. The largest absolute Gasteiger partial charge is 0.497 e. The topological polar surface area (TPSA) is 47.4 Å². The van der Waals surface area contributed by atoms with Gasteiger partial charge in [0.15, 0.2) is 0 Å². The van der Waals surface area contributed by atoms with Gasteiger partial charge in [-0.3, -0.25) is 15.0 Å². The van der Waals surface area contributed by atoms with Crippen molar-refractivity contribution in [3.8, 4) is 5.75 Å². The van der Waals surface area contributed by atoms with Crippen LogP contribution in [0.3, 0.4) is 0 Å². The molecule has 0 saturated heterocycles. The van der Waals surface area contributed by atoms with Gasteiger partial charge in [-0.05, 0) is 29.8 Å². The van der Waals surface area contributed by atoms with Gasteiger partial charge in [0.05, 0.1) is 23.8 Å². The van der Waals surface area contributed by atoms with Gasteiger partial charge in [-0.25, -0.2) is 0 Å². The number of benzene rings is 2. The van der Waals surface area contributed by atoms with Crippen LogP contribution < -0.4 is 4.74 Å². The number of ether oxygens (including phenoxy) is 1. The van der Waals surface area contributed by atoms with E-state index < -0.39 is 0 Å². The number of rotatable bonds is 3. The molecule has 98 valence electrons. The number of nitrogens with zero attached hydrogens (tertiary/aromatic N) is 3. The zero-order valence-corrected chi connectivity index (χ0v) is 11.0. The van der Waals surface area contributed by atoms with Gasteiger partial charge in [-0.2, -0.15) is 0 Å². The van der Waals surface area contributed by atoms with E-state index in [1.165, 1.54) is 0 Å². The van der Waals surface area contributed by atoms with Crippen LogP contribution in [0.5, 0.6) is 5.75 Å². The summed E-state index contributed by atoms with van der Waals surface area (Å²) in [5, 5.41) is 0. The highest BCUT2D eigenvalue weighted by atomic mass is 16.5. The lowest BCUT2D eigenvalue weighted by molar-refractivity contribution is 0.415. The van der Waals surface area contributed by atoms with Crippen LogP contribution in [0.15, 0.2) is 59.9 Å². The van der Waals surface area contributed by atoms with Crippen molar-refractivity contribution in [2.45, 2.75) is 0 Å². The van der Waals surface area contributed by atoms with Crippen LogP contribution >= 0.6 is 0 Å². The van der Waals surface area contributed by atoms with Crippen molar-refractivity contribution in [1.82, 2.24) is 9.97 Å². The monoisotopic (exact) mass is 263 g/mol. The molecule has 0 aliphatic heterocycles. The van der Waals surface area contributed by atoms with Gasteiger partial charge in [0.1, 0.15) is 5.75 Å². The maximum atomic E-state index is 5.17. The molecule has 1 aromatic heterocycles. The van der Waals surface area contributed by atoms with E-state index >= 15 is 0 Å². The van der Waals surface area contributed by atoms with Crippen molar-refractivity contribution in [2.24, 2.45) is 4.99 Å². The summed E-state index contributed by atoms with van der Waals surface area (Å²) in [6.07, 6.45) is 5.18. The predicted molar refractivity (Wildman–Crippen MR) is 79.8 cm³/mol. The summed E-state index contributed by atoms with van der Waals surface area (Å²) < 4.78 is 5.17. The maximum Gasteiger partial charge on any atom is 0.121 e. The number of methoxy groups -OCH3 is 1. The van der Waals surface area contributed by atoms with Crippen molar-refractivity contribution in [2.75, 3.05) is 7.11 Å². The highest BCUT2D eigenvalue weighted by molar-refractivity contribution is 5.87. The quantitative estimate of drug-likeness (QED) is 0.680. The molecular weight excluding hydrogens is 250 g/mol. The number of fused-ring (bicyclic) bond motifs is 1. The van der Waals surface area contributed by atoms with Crippen LogP contribution in [0.1, 0.15) is 5.56 Å². The molecule has 0 amide bonds. The molecular formula is C16H13N3O. The molecule has 2 aromatic carbocycles. The third-order valence-electron chi connectivity index (χ3n) is 2.91. The van der Waals surface area contributed by atoms with Crippen molar-refractivity contribution < 1.29 is 4.74 Å². The van der Waals surface area contributed by atoms with E-state index in [4.69, 9.17) is 4.74 Å². The van der Waals surface area contributed by atoms with Crippen molar-refractivity contribution in [3.63, 3.8) is 0 Å². The van der Waals surface area contributed by atoms with E-state index in [0.717, 1.165) is 28.0 Å². The third-order valence-corrected chi connectivity index (χ3v) is 2.91. The standard InChI is InChI=1S/C16H13N3O/c1-20-14-4-2-3-13(10-14)19-11-12-5-6-15-16(9-12)18-8-7-17-15/h2-11H,1H3. The fraction of sp³-hybridized carbons (Fsp3) is 0.0625. The average molecular weight is 263 g/mol. The van der Waals surface area contributed by atoms with Crippen LogP contribution in [-0.2, 0) is 0 Å². The van der Waals surface area contributed by atoms with Crippen LogP contribution in [0.25, 0.3) is 11.0 Å².